The van der Waals surface area contributed by atoms with Crippen LogP contribution in [0.3, 0.4) is 0 Å². The number of rotatable bonds is 9. The summed E-state index contributed by atoms with van der Waals surface area (Å²) in [5.41, 5.74) is 5.99. The first kappa shape index (κ1) is 26.4. The van der Waals surface area contributed by atoms with Crippen molar-refractivity contribution in [3.8, 4) is 0 Å². The number of thioether (sulfide) groups is 1. The van der Waals surface area contributed by atoms with Gasteiger partial charge >= 0.3 is 0 Å². The zero-order chi connectivity index (χ0) is 27.5. The minimum atomic E-state index is -0.298. The molecule has 0 aliphatic heterocycles. The molecule has 1 heterocycles. The maximum absolute atomic E-state index is 13.4. The summed E-state index contributed by atoms with van der Waals surface area (Å²) in [6.45, 7) is 6.80. The summed E-state index contributed by atoms with van der Waals surface area (Å²) >= 11 is 1.62. The highest BCUT2D eigenvalue weighted by Crippen LogP contribution is 2.32. The summed E-state index contributed by atoms with van der Waals surface area (Å²) < 4.78 is 2.18. The number of carbonyl (C=O) groups excluding carboxylic acids is 2. The minimum Gasteiger partial charge on any atom is -0.411 e. The summed E-state index contributed by atoms with van der Waals surface area (Å²) in [4.78, 5) is 27.8. The second-order valence-electron chi connectivity index (χ2n) is 9.64. The van der Waals surface area contributed by atoms with Gasteiger partial charge in [-0.3, -0.25) is 9.59 Å². The van der Waals surface area contributed by atoms with Gasteiger partial charge in [-0.25, -0.2) is 0 Å². The van der Waals surface area contributed by atoms with Gasteiger partial charge in [0.2, 0.25) is 5.78 Å². The molecule has 196 valence electrons. The molecule has 0 amide bonds. The van der Waals surface area contributed by atoms with Gasteiger partial charge in [-0.1, -0.05) is 47.1 Å². The fraction of sp³-hybridized carbons (Fsp3) is 0.182. The molecule has 0 aliphatic rings. The highest BCUT2D eigenvalue weighted by atomic mass is 32.2. The number of carbonyl (C=O) groups is 2. The van der Waals surface area contributed by atoms with Crippen LogP contribution in [0.5, 0.6) is 0 Å². The van der Waals surface area contributed by atoms with Crippen molar-refractivity contribution in [2.75, 3.05) is 5.75 Å². The Balaban J connectivity index is 1.46. The van der Waals surface area contributed by atoms with Gasteiger partial charge in [0.15, 0.2) is 5.78 Å². The van der Waals surface area contributed by atoms with Crippen molar-refractivity contribution in [3.05, 3.63) is 113 Å². The van der Waals surface area contributed by atoms with Gasteiger partial charge in [0, 0.05) is 62.1 Å². The highest BCUT2D eigenvalue weighted by molar-refractivity contribution is 7.99. The lowest BCUT2D eigenvalue weighted by atomic mass is 9.97. The molecule has 0 spiro atoms. The van der Waals surface area contributed by atoms with E-state index in [1.165, 1.54) is 5.56 Å². The Kier molecular flexibility index (Phi) is 7.66. The summed E-state index contributed by atoms with van der Waals surface area (Å²) in [7, 11) is 0. The van der Waals surface area contributed by atoms with Crippen molar-refractivity contribution in [2.45, 2.75) is 38.6 Å². The molecule has 0 saturated heterocycles. The van der Waals surface area contributed by atoms with E-state index < -0.39 is 0 Å². The van der Waals surface area contributed by atoms with Crippen LogP contribution in [-0.2, 0) is 6.54 Å². The van der Waals surface area contributed by atoms with Crippen LogP contribution >= 0.6 is 11.8 Å². The molecule has 4 aromatic carbocycles. The third kappa shape index (κ3) is 5.25. The first-order valence-corrected chi connectivity index (χ1v) is 14.0. The zero-order valence-corrected chi connectivity index (χ0v) is 23.1. The molecule has 0 radical (unpaired) electrons. The SMILES string of the molecule is CCn1c2ccc(C(=O)/C(CCSc3ccc(C)cc3)=N/O)cc2c2cc(C(=O)c3ccccc3C)ccc21. The number of benzene rings is 4. The van der Waals surface area contributed by atoms with Crippen LogP contribution in [0, 0.1) is 13.8 Å². The van der Waals surface area contributed by atoms with Crippen LogP contribution in [0.25, 0.3) is 21.8 Å². The van der Waals surface area contributed by atoms with Gasteiger partial charge in [0.1, 0.15) is 5.71 Å². The third-order valence-electron chi connectivity index (χ3n) is 7.11. The van der Waals surface area contributed by atoms with E-state index in [1.807, 2.05) is 80.6 Å². The predicted molar refractivity (Wildman–Crippen MR) is 160 cm³/mol. The van der Waals surface area contributed by atoms with Crippen LogP contribution in [0.15, 0.2) is 95.0 Å². The van der Waals surface area contributed by atoms with Crippen molar-refractivity contribution in [3.63, 3.8) is 0 Å². The molecule has 1 aromatic heterocycles. The lowest BCUT2D eigenvalue weighted by Gasteiger charge is -2.06. The molecule has 5 aromatic rings. The lowest BCUT2D eigenvalue weighted by molar-refractivity contribution is 0.103. The largest absolute Gasteiger partial charge is 0.411 e. The zero-order valence-electron chi connectivity index (χ0n) is 22.3. The van der Waals surface area contributed by atoms with E-state index in [9.17, 15) is 14.8 Å². The van der Waals surface area contributed by atoms with Crippen molar-refractivity contribution >= 4 is 50.8 Å². The predicted octanol–water partition coefficient (Wildman–Crippen LogP) is 7.86. The van der Waals surface area contributed by atoms with Gasteiger partial charge in [-0.15, -0.1) is 11.8 Å². The van der Waals surface area contributed by atoms with Gasteiger partial charge in [0.05, 0.1) is 0 Å². The van der Waals surface area contributed by atoms with Gasteiger partial charge in [-0.05, 0) is 74.9 Å². The molecule has 39 heavy (non-hydrogen) atoms. The molecule has 0 unspecified atom stereocenters. The Morgan fingerprint density at radius 2 is 1.49 bits per heavy atom. The number of Topliss-reactive ketones (excluding diaryl/α,β-unsaturated/α-hetero) is 1. The second-order valence-corrected chi connectivity index (χ2v) is 10.8. The molecule has 0 fully saturated rings. The number of nitrogens with zero attached hydrogens (tertiary/aromatic N) is 2. The van der Waals surface area contributed by atoms with Crippen LogP contribution in [0.4, 0.5) is 0 Å². The number of hydrogen-bond acceptors (Lipinski definition) is 5. The van der Waals surface area contributed by atoms with E-state index in [4.69, 9.17) is 0 Å². The Hall–Kier alpha value is -4.16. The van der Waals surface area contributed by atoms with Gasteiger partial charge in [0.25, 0.3) is 0 Å². The summed E-state index contributed by atoms with van der Waals surface area (Å²) in [5.74, 6) is 0.296. The van der Waals surface area contributed by atoms with E-state index in [0.717, 1.165) is 38.8 Å². The van der Waals surface area contributed by atoms with Crippen LogP contribution in [0.1, 0.15) is 50.8 Å². The van der Waals surface area contributed by atoms with Crippen molar-refractivity contribution < 1.29 is 14.8 Å². The first-order valence-electron chi connectivity index (χ1n) is 13.0. The van der Waals surface area contributed by atoms with E-state index in [1.54, 1.807) is 17.8 Å². The van der Waals surface area contributed by atoms with E-state index in [0.29, 0.717) is 28.9 Å². The average Bonchev–Trinajstić information content (AvgIpc) is 3.28. The smallest absolute Gasteiger partial charge is 0.210 e. The average molecular weight is 535 g/mol. The number of aromatic nitrogens is 1. The third-order valence-corrected chi connectivity index (χ3v) is 8.12. The summed E-state index contributed by atoms with van der Waals surface area (Å²) in [6, 6.07) is 27.1. The minimum absolute atomic E-state index is 0.0274. The Bertz CT molecular complexity index is 1730. The molecule has 5 nitrogen and oxygen atoms in total. The van der Waals surface area contributed by atoms with E-state index in [2.05, 4.69) is 28.8 Å². The molecule has 5 rings (SSSR count). The maximum atomic E-state index is 13.4. The molecule has 0 saturated carbocycles. The van der Waals surface area contributed by atoms with Gasteiger partial charge in [-0.2, -0.15) is 0 Å². The molecular formula is C33H30N2O3S. The molecule has 0 bridgehead atoms. The second kappa shape index (κ2) is 11.3. The summed E-state index contributed by atoms with van der Waals surface area (Å²) in [6.07, 6.45) is 0.345. The standard InChI is InChI=1S/C33H30N2O3S/c1-4-35-30-15-11-23(32(36)26-8-6-5-7-22(26)3)19-27(30)28-20-24(12-16-31(28)35)33(37)29(34-38)17-18-39-25-13-9-21(2)10-14-25/h5-16,19-20,38H,4,17-18H2,1-3H3/b34-29+. The molecule has 1 N–H and O–H groups in total. The van der Waals surface area contributed by atoms with Gasteiger partial charge < -0.3 is 9.77 Å². The molecule has 6 heteroatoms. The van der Waals surface area contributed by atoms with Crippen molar-refractivity contribution in [1.82, 2.24) is 4.57 Å². The highest BCUT2D eigenvalue weighted by Gasteiger charge is 2.19. The first-order chi connectivity index (χ1) is 18.9. The Labute approximate surface area is 232 Å². The lowest BCUT2D eigenvalue weighted by Crippen LogP contribution is -2.15. The fourth-order valence-electron chi connectivity index (χ4n) is 4.99. The van der Waals surface area contributed by atoms with Crippen molar-refractivity contribution in [2.24, 2.45) is 5.16 Å². The number of oxime groups is 1. The number of hydrogen-bond donors (Lipinski definition) is 1. The van der Waals surface area contributed by atoms with Crippen LogP contribution < -0.4 is 0 Å². The van der Waals surface area contributed by atoms with E-state index in [-0.39, 0.29) is 17.3 Å². The Morgan fingerprint density at radius 1 is 0.846 bits per heavy atom. The number of ketones is 2. The number of aryl methyl sites for hydroxylation is 3. The maximum Gasteiger partial charge on any atom is 0.210 e. The van der Waals surface area contributed by atoms with Crippen LogP contribution in [-0.4, -0.2) is 32.8 Å². The fourth-order valence-corrected chi connectivity index (χ4v) is 5.85. The Morgan fingerprint density at radius 3 is 2.13 bits per heavy atom. The molecule has 0 aliphatic carbocycles. The normalized spacial score (nSPS) is 11.8. The monoisotopic (exact) mass is 534 g/mol. The number of fused-ring (bicyclic) bond motifs is 3. The quantitative estimate of drug-likeness (QED) is 0.0687. The van der Waals surface area contributed by atoms with E-state index >= 15 is 0 Å². The topological polar surface area (TPSA) is 71.7 Å². The van der Waals surface area contributed by atoms with Crippen molar-refractivity contribution in [1.29, 1.82) is 0 Å². The summed E-state index contributed by atoms with van der Waals surface area (Å²) in [5, 5.41) is 14.8. The van der Waals surface area contributed by atoms with Crippen LogP contribution in [0.2, 0.25) is 0 Å². The molecule has 0 atom stereocenters. The molecular weight excluding hydrogens is 504 g/mol.